The highest BCUT2D eigenvalue weighted by Crippen LogP contribution is 2.10. The first-order chi connectivity index (χ1) is 9.17. The molecule has 19 heavy (non-hydrogen) atoms. The molecular formula is C13H20N6. The van der Waals surface area contributed by atoms with Crippen LogP contribution in [0.1, 0.15) is 24.7 Å². The van der Waals surface area contributed by atoms with Gasteiger partial charge in [-0.3, -0.25) is 4.90 Å². The van der Waals surface area contributed by atoms with Gasteiger partial charge in [0.05, 0.1) is 13.6 Å². The van der Waals surface area contributed by atoms with E-state index in [2.05, 4.69) is 39.4 Å². The van der Waals surface area contributed by atoms with E-state index in [9.17, 15) is 0 Å². The maximum absolute atomic E-state index is 5.70. The van der Waals surface area contributed by atoms with E-state index in [0.29, 0.717) is 6.54 Å². The van der Waals surface area contributed by atoms with E-state index in [-0.39, 0.29) is 0 Å². The molecule has 0 fully saturated rings. The van der Waals surface area contributed by atoms with E-state index in [1.165, 1.54) is 10.4 Å². The molecule has 0 unspecified atom stereocenters. The third-order valence-electron chi connectivity index (χ3n) is 2.84. The van der Waals surface area contributed by atoms with Gasteiger partial charge in [-0.15, -0.1) is 10.2 Å². The number of nitrogens with two attached hydrogens (primary N) is 1. The highest BCUT2D eigenvalue weighted by Gasteiger charge is 2.09. The largest absolute Gasteiger partial charge is 0.399 e. The normalized spacial score (nSPS) is 11.1. The van der Waals surface area contributed by atoms with Crippen LogP contribution in [-0.4, -0.2) is 31.7 Å². The van der Waals surface area contributed by atoms with Crippen LogP contribution in [0.2, 0.25) is 0 Å². The lowest BCUT2D eigenvalue weighted by Crippen LogP contribution is -2.24. The smallest absolute Gasteiger partial charge is 0.188 e. The Hall–Kier alpha value is -1.95. The van der Waals surface area contributed by atoms with Crippen LogP contribution in [0.3, 0.4) is 0 Å². The van der Waals surface area contributed by atoms with Crippen LogP contribution in [0.5, 0.6) is 0 Å². The Kier molecular flexibility index (Phi) is 4.46. The van der Waals surface area contributed by atoms with Gasteiger partial charge in [0.1, 0.15) is 0 Å². The van der Waals surface area contributed by atoms with Gasteiger partial charge >= 0.3 is 0 Å². The lowest BCUT2D eigenvalue weighted by Gasteiger charge is -2.19. The Balaban J connectivity index is 2.01. The van der Waals surface area contributed by atoms with Crippen molar-refractivity contribution >= 4 is 5.69 Å². The van der Waals surface area contributed by atoms with Gasteiger partial charge in [0.2, 0.25) is 0 Å². The Bertz CT molecular complexity index is 504. The van der Waals surface area contributed by atoms with E-state index in [4.69, 9.17) is 5.73 Å². The number of nitrogen functional groups attached to an aromatic ring is 1. The zero-order valence-corrected chi connectivity index (χ0v) is 11.5. The van der Waals surface area contributed by atoms with Crippen molar-refractivity contribution in [2.24, 2.45) is 7.05 Å². The number of rotatable bonds is 6. The van der Waals surface area contributed by atoms with Crippen LogP contribution in [0, 0.1) is 0 Å². The summed E-state index contributed by atoms with van der Waals surface area (Å²) in [7, 11) is 1.78. The Labute approximate surface area is 113 Å². The number of aromatic nitrogens is 4. The van der Waals surface area contributed by atoms with Gasteiger partial charge in [-0.25, -0.2) is 0 Å². The summed E-state index contributed by atoms with van der Waals surface area (Å²) in [6.07, 6.45) is 1.09. The molecule has 1 aromatic heterocycles. The van der Waals surface area contributed by atoms with E-state index < -0.39 is 0 Å². The zero-order valence-electron chi connectivity index (χ0n) is 11.5. The van der Waals surface area contributed by atoms with Gasteiger partial charge in [-0.1, -0.05) is 19.1 Å². The van der Waals surface area contributed by atoms with Crippen molar-refractivity contribution in [2.75, 3.05) is 12.3 Å². The molecule has 0 saturated heterocycles. The molecule has 0 saturated carbocycles. The van der Waals surface area contributed by atoms with E-state index in [1.807, 2.05) is 12.1 Å². The molecule has 0 spiro atoms. The van der Waals surface area contributed by atoms with Gasteiger partial charge < -0.3 is 5.73 Å². The minimum atomic E-state index is 0.714. The molecule has 0 aliphatic carbocycles. The molecule has 2 rings (SSSR count). The SMILES string of the molecule is CCCN(Cc1ccc(N)cc1)Cc1nnn(C)n1. The molecule has 0 radical (unpaired) electrons. The monoisotopic (exact) mass is 260 g/mol. The quantitative estimate of drug-likeness (QED) is 0.790. The molecule has 102 valence electrons. The van der Waals surface area contributed by atoms with Crippen LogP contribution in [0.4, 0.5) is 5.69 Å². The van der Waals surface area contributed by atoms with E-state index in [0.717, 1.165) is 31.0 Å². The molecule has 6 heteroatoms. The second-order valence-corrected chi connectivity index (χ2v) is 4.65. The van der Waals surface area contributed by atoms with Crippen molar-refractivity contribution in [2.45, 2.75) is 26.4 Å². The molecule has 6 nitrogen and oxygen atoms in total. The Morgan fingerprint density at radius 1 is 1.21 bits per heavy atom. The second kappa shape index (κ2) is 6.29. The van der Waals surface area contributed by atoms with Crippen LogP contribution < -0.4 is 5.73 Å². The molecule has 2 N–H and O–H groups in total. The maximum atomic E-state index is 5.70. The highest BCUT2D eigenvalue weighted by molar-refractivity contribution is 5.39. The van der Waals surface area contributed by atoms with Crippen LogP contribution in [-0.2, 0) is 20.1 Å². The van der Waals surface area contributed by atoms with Gasteiger partial charge in [-0.05, 0) is 35.9 Å². The third-order valence-corrected chi connectivity index (χ3v) is 2.84. The van der Waals surface area contributed by atoms with Crippen molar-refractivity contribution in [1.82, 2.24) is 25.1 Å². The average Bonchev–Trinajstić information content (AvgIpc) is 2.78. The number of tetrazole rings is 1. The third kappa shape index (κ3) is 4.03. The molecule has 0 amide bonds. The van der Waals surface area contributed by atoms with Crippen molar-refractivity contribution < 1.29 is 0 Å². The first-order valence-corrected chi connectivity index (χ1v) is 6.47. The number of nitrogens with zero attached hydrogens (tertiary/aromatic N) is 5. The number of hydrogen-bond acceptors (Lipinski definition) is 5. The Morgan fingerprint density at radius 3 is 2.53 bits per heavy atom. The summed E-state index contributed by atoms with van der Waals surface area (Å²) < 4.78 is 0. The van der Waals surface area contributed by atoms with E-state index >= 15 is 0 Å². The summed E-state index contributed by atoms with van der Waals surface area (Å²) in [5.41, 5.74) is 7.73. The molecule has 1 aromatic carbocycles. The lowest BCUT2D eigenvalue weighted by atomic mass is 10.2. The molecule has 2 aromatic rings. The van der Waals surface area contributed by atoms with Gasteiger partial charge in [0.15, 0.2) is 5.82 Å². The van der Waals surface area contributed by atoms with Crippen LogP contribution in [0.15, 0.2) is 24.3 Å². The fourth-order valence-electron chi connectivity index (χ4n) is 2.00. The minimum Gasteiger partial charge on any atom is -0.399 e. The number of aryl methyl sites for hydroxylation is 1. The summed E-state index contributed by atoms with van der Waals surface area (Å²) in [6.45, 7) is 4.75. The van der Waals surface area contributed by atoms with Crippen molar-refractivity contribution in [3.05, 3.63) is 35.7 Å². The molecule has 0 atom stereocenters. The first kappa shape index (κ1) is 13.5. The number of benzene rings is 1. The van der Waals surface area contributed by atoms with Gasteiger partial charge in [0, 0.05) is 12.2 Å². The molecule has 0 bridgehead atoms. The topological polar surface area (TPSA) is 72.9 Å². The van der Waals surface area contributed by atoms with Crippen LogP contribution >= 0.6 is 0 Å². The second-order valence-electron chi connectivity index (χ2n) is 4.65. The highest BCUT2D eigenvalue weighted by atomic mass is 15.6. The minimum absolute atomic E-state index is 0.714. The van der Waals surface area contributed by atoms with Crippen LogP contribution in [0.25, 0.3) is 0 Å². The predicted octanol–water partition coefficient (Wildman–Crippen LogP) is 1.20. The fraction of sp³-hybridized carbons (Fsp3) is 0.462. The molecule has 0 aliphatic rings. The zero-order chi connectivity index (χ0) is 13.7. The van der Waals surface area contributed by atoms with Crippen molar-refractivity contribution in [3.8, 4) is 0 Å². The fourth-order valence-corrected chi connectivity index (χ4v) is 2.00. The average molecular weight is 260 g/mol. The standard InChI is InChI=1S/C13H20N6/c1-3-8-19(10-13-15-17-18(2)16-13)9-11-4-6-12(14)7-5-11/h4-7H,3,8-10,14H2,1-2H3. The predicted molar refractivity (Wildman–Crippen MR) is 74.1 cm³/mol. The van der Waals surface area contributed by atoms with Crippen molar-refractivity contribution in [1.29, 1.82) is 0 Å². The van der Waals surface area contributed by atoms with Gasteiger partial charge in [-0.2, -0.15) is 4.80 Å². The Morgan fingerprint density at radius 2 is 1.95 bits per heavy atom. The van der Waals surface area contributed by atoms with Crippen molar-refractivity contribution in [3.63, 3.8) is 0 Å². The summed E-state index contributed by atoms with van der Waals surface area (Å²) >= 11 is 0. The van der Waals surface area contributed by atoms with E-state index in [1.54, 1.807) is 7.05 Å². The van der Waals surface area contributed by atoms with Gasteiger partial charge in [0.25, 0.3) is 0 Å². The molecule has 0 aliphatic heterocycles. The lowest BCUT2D eigenvalue weighted by molar-refractivity contribution is 0.250. The summed E-state index contributed by atoms with van der Waals surface area (Å²) in [5, 5.41) is 12.1. The summed E-state index contributed by atoms with van der Waals surface area (Å²) in [5.74, 6) is 0.756. The maximum Gasteiger partial charge on any atom is 0.188 e. The summed E-state index contributed by atoms with van der Waals surface area (Å²) in [6, 6.07) is 7.98. The molecular weight excluding hydrogens is 240 g/mol. The molecule has 1 heterocycles. The number of anilines is 1. The summed E-state index contributed by atoms with van der Waals surface area (Å²) in [4.78, 5) is 3.80. The first-order valence-electron chi connectivity index (χ1n) is 6.47. The number of hydrogen-bond donors (Lipinski definition) is 1.